The predicted octanol–water partition coefficient (Wildman–Crippen LogP) is 2.86. The summed E-state index contributed by atoms with van der Waals surface area (Å²) in [5.41, 5.74) is 8.59. The molecule has 0 atom stereocenters. The first-order valence-electron chi connectivity index (χ1n) is 4.97. The van der Waals surface area contributed by atoms with Crippen LogP contribution in [-0.4, -0.2) is 9.97 Å². The number of hydrogen-bond acceptors (Lipinski definition) is 6. The number of oxazole rings is 2. The summed E-state index contributed by atoms with van der Waals surface area (Å²) in [4.78, 5) is 8.46. The number of rotatable bonds is 2. The van der Waals surface area contributed by atoms with Crippen LogP contribution in [0.15, 0.2) is 43.7 Å². The lowest BCUT2D eigenvalue weighted by molar-refractivity contribution is 0.443. The van der Waals surface area contributed by atoms with E-state index in [1.807, 2.05) is 6.92 Å². The molecule has 0 amide bonds. The van der Waals surface area contributed by atoms with Crippen LogP contribution in [0.5, 0.6) is 0 Å². The molecule has 2 N–H and O–H groups in total. The normalized spacial score (nSPS) is 11.1. The van der Waals surface area contributed by atoms with Gasteiger partial charge in [-0.15, -0.1) is 0 Å². The third kappa shape index (κ3) is 1.99. The highest BCUT2D eigenvalue weighted by Gasteiger charge is 2.11. The number of hydrogen-bond donors (Lipinski definition) is 1. The lowest BCUT2D eigenvalue weighted by atomic mass is 10.3. The Hall–Kier alpha value is -1.95. The molecule has 3 aromatic rings. The van der Waals surface area contributed by atoms with Crippen LogP contribution in [0.1, 0.15) is 5.69 Å². The predicted molar refractivity (Wildman–Crippen MR) is 63.8 cm³/mol. The van der Waals surface area contributed by atoms with Gasteiger partial charge in [-0.2, -0.15) is 0 Å². The lowest BCUT2D eigenvalue weighted by Gasteiger charge is -1.88. The van der Waals surface area contributed by atoms with Crippen molar-refractivity contribution in [2.75, 3.05) is 5.73 Å². The maximum absolute atomic E-state index is 5.67. The highest BCUT2D eigenvalue weighted by Crippen LogP contribution is 2.29. The first-order valence-corrected chi connectivity index (χ1v) is 5.78. The van der Waals surface area contributed by atoms with Crippen LogP contribution >= 0.6 is 11.8 Å². The molecule has 0 aliphatic rings. The van der Waals surface area contributed by atoms with Gasteiger partial charge < -0.3 is 14.6 Å². The number of aryl methyl sites for hydroxylation is 1. The number of benzene rings is 1. The smallest absolute Gasteiger partial charge is 0.266 e. The van der Waals surface area contributed by atoms with Gasteiger partial charge in [-0.25, -0.2) is 9.97 Å². The molecule has 86 valence electrons. The second kappa shape index (κ2) is 3.81. The van der Waals surface area contributed by atoms with Crippen LogP contribution in [0.3, 0.4) is 0 Å². The fraction of sp³-hybridized carbons (Fsp3) is 0.0909. The second-order valence-electron chi connectivity index (χ2n) is 3.56. The molecule has 0 saturated carbocycles. The average molecular weight is 247 g/mol. The molecule has 5 nitrogen and oxygen atoms in total. The summed E-state index contributed by atoms with van der Waals surface area (Å²) in [5, 5.41) is 1.01. The minimum absolute atomic E-state index is 0.493. The zero-order valence-corrected chi connectivity index (χ0v) is 9.82. The van der Waals surface area contributed by atoms with Gasteiger partial charge in [-0.3, -0.25) is 0 Å². The van der Waals surface area contributed by atoms with Crippen LogP contribution < -0.4 is 5.73 Å². The van der Waals surface area contributed by atoms with Crippen molar-refractivity contribution in [1.29, 1.82) is 0 Å². The molecule has 0 saturated heterocycles. The Morgan fingerprint density at radius 2 is 2.12 bits per heavy atom. The average Bonchev–Trinajstić information content (AvgIpc) is 2.84. The van der Waals surface area contributed by atoms with E-state index in [9.17, 15) is 0 Å². The number of nitrogens with zero attached hydrogens (tertiary/aromatic N) is 2. The molecule has 0 bridgehead atoms. The lowest BCUT2D eigenvalue weighted by Crippen LogP contribution is -1.82. The van der Waals surface area contributed by atoms with Crippen molar-refractivity contribution in [3.05, 3.63) is 30.2 Å². The van der Waals surface area contributed by atoms with E-state index in [4.69, 9.17) is 14.6 Å². The molecule has 0 aliphatic heterocycles. The minimum Gasteiger partial charge on any atom is -0.439 e. The highest BCUT2D eigenvalue weighted by atomic mass is 32.2. The van der Waals surface area contributed by atoms with Crippen molar-refractivity contribution >= 4 is 28.5 Å². The highest BCUT2D eigenvalue weighted by molar-refractivity contribution is 7.98. The Kier molecular flexibility index (Phi) is 2.29. The fourth-order valence-electron chi connectivity index (χ4n) is 1.42. The zero-order chi connectivity index (χ0) is 11.8. The molecule has 6 heteroatoms. The van der Waals surface area contributed by atoms with Gasteiger partial charge in [0.05, 0.1) is 5.69 Å². The van der Waals surface area contributed by atoms with Crippen molar-refractivity contribution in [3.8, 4) is 0 Å². The van der Waals surface area contributed by atoms with Gasteiger partial charge in [0.15, 0.2) is 5.58 Å². The molecular weight excluding hydrogens is 238 g/mol. The molecule has 2 heterocycles. The number of aromatic nitrogens is 2. The third-order valence-electron chi connectivity index (χ3n) is 2.16. The van der Waals surface area contributed by atoms with Gasteiger partial charge in [0, 0.05) is 17.4 Å². The van der Waals surface area contributed by atoms with E-state index >= 15 is 0 Å². The van der Waals surface area contributed by atoms with E-state index < -0.39 is 0 Å². The van der Waals surface area contributed by atoms with Crippen LogP contribution in [0.4, 0.5) is 5.69 Å². The number of nitrogen functional groups attached to an aromatic ring is 1. The summed E-state index contributed by atoms with van der Waals surface area (Å²) in [6.07, 6.45) is 1.59. The summed E-state index contributed by atoms with van der Waals surface area (Å²) in [6, 6.07) is 5.34. The van der Waals surface area contributed by atoms with Crippen LogP contribution in [0.25, 0.3) is 11.1 Å². The monoisotopic (exact) mass is 247 g/mol. The van der Waals surface area contributed by atoms with Crippen LogP contribution in [0, 0.1) is 6.92 Å². The van der Waals surface area contributed by atoms with Crippen molar-refractivity contribution < 1.29 is 8.83 Å². The molecule has 17 heavy (non-hydrogen) atoms. The molecule has 2 aromatic heterocycles. The maximum Gasteiger partial charge on any atom is 0.266 e. The number of anilines is 1. The topological polar surface area (TPSA) is 78.1 Å². The van der Waals surface area contributed by atoms with E-state index in [-0.39, 0.29) is 0 Å². The molecule has 1 aromatic carbocycles. The summed E-state index contributed by atoms with van der Waals surface area (Å²) in [7, 11) is 0. The summed E-state index contributed by atoms with van der Waals surface area (Å²) in [6.45, 7) is 1.86. The molecule has 0 unspecified atom stereocenters. The third-order valence-corrected chi connectivity index (χ3v) is 2.88. The van der Waals surface area contributed by atoms with Crippen molar-refractivity contribution in [2.45, 2.75) is 17.4 Å². The van der Waals surface area contributed by atoms with Gasteiger partial charge in [0.1, 0.15) is 11.8 Å². The van der Waals surface area contributed by atoms with E-state index in [1.54, 1.807) is 24.5 Å². The van der Waals surface area contributed by atoms with Gasteiger partial charge in [0.25, 0.3) is 10.4 Å². The fourth-order valence-corrected chi connectivity index (χ4v) is 2.13. The van der Waals surface area contributed by atoms with Gasteiger partial charge in [-0.05, 0) is 25.1 Å². The Labute approximate surface area is 101 Å². The molecule has 0 radical (unpaired) electrons. The first-order chi connectivity index (χ1) is 8.20. The van der Waals surface area contributed by atoms with Crippen LogP contribution in [-0.2, 0) is 0 Å². The summed E-state index contributed by atoms with van der Waals surface area (Å²) < 4.78 is 10.7. The molecule has 0 spiro atoms. The standard InChI is InChI=1S/C11H9N3O2S/c1-6-5-15-10(13-6)17-11-14-8-4-7(12)2-3-9(8)16-11/h2-5H,12H2,1H3. The Morgan fingerprint density at radius 1 is 1.24 bits per heavy atom. The molecule has 0 aliphatic carbocycles. The first kappa shape index (κ1) is 10.2. The van der Waals surface area contributed by atoms with Crippen molar-refractivity contribution in [1.82, 2.24) is 9.97 Å². The molecule has 3 rings (SSSR count). The van der Waals surface area contributed by atoms with Crippen molar-refractivity contribution in [3.63, 3.8) is 0 Å². The number of nitrogens with two attached hydrogens (primary N) is 1. The van der Waals surface area contributed by atoms with E-state index in [0.29, 0.717) is 21.7 Å². The second-order valence-corrected chi connectivity index (χ2v) is 4.47. The van der Waals surface area contributed by atoms with E-state index in [1.165, 1.54) is 11.8 Å². The molecule has 0 fully saturated rings. The Balaban J connectivity index is 1.95. The SMILES string of the molecule is Cc1coc(Sc2nc3cc(N)ccc3o2)n1. The minimum atomic E-state index is 0.493. The van der Waals surface area contributed by atoms with Gasteiger partial charge in [0.2, 0.25) is 0 Å². The number of fused-ring (bicyclic) bond motifs is 1. The van der Waals surface area contributed by atoms with Crippen LogP contribution in [0.2, 0.25) is 0 Å². The van der Waals surface area contributed by atoms with Crippen molar-refractivity contribution in [2.24, 2.45) is 0 Å². The largest absolute Gasteiger partial charge is 0.439 e. The maximum atomic E-state index is 5.67. The summed E-state index contributed by atoms with van der Waals surface area (Å²) >= 11 is 1.24. The van der Waals surface area contributed by atoms with E-state index in [0.717, 1.165) is 11.2 Å². The molecular formula is C11H9N3O2S. The zero-order valence-electron chi connectivity index (χ0n) is 9.01. The Bertz CT molecular complexity index is 674. The summed E-state index contributed by atoms with van der Waals surface area (Å²) in [5.74, 6) is 0. The van der Waals surface area contributed by atoms with E-state index in [2.05, 4.69) is 9.97 Å². The Morgan fingerprint density at radius 3 is 2.88 bits per heavy atom. The van der Waals surface area contributed by atoms with Gasteiger partial charge in [-0.1, -0.05) is 0 Å². The quantitative estimate of drug-likeness (QED) is 0.701. The van der Waals surface area contributed by atoms with Gasteiger partial charge >= 0.3 is 0 Å².